The molecular formula is C13H24N2O3. The molecule has 0 radical (unpaired) electrons. The minimum atomic E-state index is -0.210. The van der Waals surface area contributed by atoms with Crippen molar-refractivity contribution in [3.63, 3.8) is 0 Å². The molecule has 0 aromatic carbocycles. The second-order valence-electron chi connectivity index (χ2n) is 6.09. The van der Waals surface area contributed by atoms with E-state index in [1.54, 1.807) is 7.05 Å². The fraction of sp³-hybridized carbons (Fsp3) is 0.846. The molecule has 4 N–H and O–H groups in total. The molecule has 0 aliphatic heterocycles. The Morgan fingerprint density at radius 3 is 2.44 bits per heavy atom. The van der Waals surface area contributed by atoms with Crippen LogP contribution in [0.3, 0.4) is 0 Å². The van der Waals surface area contributed by atoms with Crippen LogP contribution in [0, 0.1) is 16.7 Å². The number of rotatable bonds is 3. The molecular weight excluding hydrogens is 232 g/mol. The van der Waals surface area contributed by atoms with Gasteiger partial charge in [0.15, 0.2) is 5.78 Å². The lowest BCUT2D eigenvalue weighted by atomic mass is 9.70. The monoisotopic (exact) mass is 256 g/mol. The number of Topliss-reactive ketones (excluding diaryl/α,β-unsaturated/α-hetero) is 1. The maximum absolute atomic E-state index is 12.4. The van der Waals surface area contributed by atoms with Crippen molar-refractivity contribution in [2.24, 2.45) is 16.7 Å². The summed E-state index contributed by atoms with van der Waals surface area (Å²) in [6.45, 7) is 6.68. The summed E-state index contributed by atoms with van der Waals surface area (Å²) < 4.78 is 0. The summed E-state index contributed by atoms with van der Waals surface area (Å²) in [5.41, 5.74) is -0.164. The van der Waals surface area contributed by atoms with Crippen molar-refractivity contribution in [3.8, 4) is 0 Å². The van der Waals surface area contributed by atoms with Gasteiger partial charge in [-0.1, -0.05) is 20.8 Å². The maximum atomic E-state index is 12.4. The van der Waals surface area contributed by atoms with E-state index in [1.165, 1.54) is 0 Å². The predicted octanol–water partition coefficient (Wildman–Crippen LogP) is -0.109. The van der Waals surface area contributed by atoms with Crippen LogP contribution in [0.2, 0.25) is 0 Å². The zero-order valence-electron chi connectivity index (χ0n) is 11.6. The van der Waals surface area contributed by atoms with Gasteiger partial charge < -0.3 is 10.8 Å². The molecule has 0 aromatic heterocycles. The normalized spacial score (nSPS) is 36.3. The molecule has 2 rings (SSSR count). The number of amides is 1. The van der Waals surface area contributed by atoms with E-state index in [1.807, 2.05) is 0 Å². The number of ketones is 1. The van der Waals surface area contributed by atoms with Crippen LogP contribution in [-0.4, -0.2) is 36.8 Å². The summed E-state index contributed by atoms with van der Waals surface area (Å²) in [6.07, 6.45) is 2.07. The minimum absolute atomic E-state index is 0. The highest BCUT2D eigenvalue weighted by molar-refractivity contribution is 5.94. The van der Waals surface area contributed by atoms with Crippen molar-refractivity contribution >= 4 is 11.7 Å². The first kappa shape index (κ1) is 15.1. The third-order valence-electron chi connectivity index (χ3n) is 5.29. The molecule has 2 fully saturated rings. The molecule has 0 aromatic rings. The molecule has 1 amide bonds. The molecule has 2 saturated carbocycles. The highest BCUT2D eigenvalue weighted by atomic mass is 16.2. The topological polar surface area (TPSA) is 89.7 Å². The lowest BCUT2D eigenvalue weighted by Gasteiger charge is -2.32. The molecule has 2 aliphatic carbocycles. The summed E-state index contributed by atoms with van der Waals surface area (Å²) in [4.78, 5) is 23.6. The number of hydrogen-bond acceptors (Lipinski definition) is 3. The van der Waals surface area contributed by atoms with Crippen molar-refractivity contribution in [1.82, 2.24) is 10.6 Å². The van der Waals surface area contributed by atoms with Gasteiger partial charge in [0.25, 0.3) is 0 Å². The first-order valence-electron chi connectivity index (χ1n) is 6.33. The van der Waals surface area contributed by atoms with Crippen LogP contribution in [0.4, 0.5) is 0 Å². The van der Waals surface area contributed by atoms with Gasteiger partial charge in [-0.15, -0.1) is 0 Å². The van der Waals surface area contributed by atoms with Gasteiger partial charge in [-0.25, -0.2) is 0 Å². The quantitative estimate of drug-likeness (QED) is 0.738. The van der Waals surface area contributed by atoms with Crippen LogP contribution >= 0.6 is 0 Å². The molecule has 5 nitrogen and oxygen atoms in total. The second-order valence-corrected chi connectivity index (χ2v) is 6.09. The largest absolute Gasteiger partial charge is 0.412 e. The van der Waals surface area contributed by atoms with Gasteiger partial charge >= 0.3 is 0 Å². The van der Waals surface area contributed by atoms with Gasteiger partial charge in [0.1, 0.15) is 0 Å². The third-order valence-corrected chi connectivity index (χ3v) is 5.29. The highest BCUT2D eigenvalue weighted by Crippen LogP contribution is 2.63. The Morgan fingerprint density at radius 1 is 1.39 bits per heavy atom. The molecule has 2 bridgehead atoms. The van der Waals surface area contributed by atoms with E-state index in [4.69, 9.17) is 0 Å². The van der Waals surface area contributed by atoms with Crippen LogP contribution in [0.25, 0.3) is 0 Å². The van der Waals surface area contributed by atoms with Crippen LogP contribution < -0.4 is 10.6 Å². The predicted molar refractivity (Wildman–Crippen MR) is 69.1 cm³/mol. The molecule has 5 heteroatoms. The lowest BCUT2D eigenvalue weighted by Crippen LogP contribution is -2.47. The maximum Gasteiger partial charge on any atom is 0.233 e. The Labute approximate surface area is 108 Å². The van der Waals surface area contributed by atoms with Crippen molar-refractivity contribution in [2.45, 2.75) is 39.7 Å². The van der Waals surface area contributed by atoms with Crippen LogP contribution in [0.15, 0.2) is 0 Å². The Balaban J connectivity index is 0.00000162. The van der Waals surface area contributed by atoms with Crippen LogP contribution in [0.1, 0.15) is 33.6 Å². The molecule has 0 spiro atoms. The highest BCUT2D eigenvalue weighted by Gasteiger charge is 2.65. The number of carbonyl (C=O) groups is 2. The van der Waals surface area contributed by atoms with E-state index in [2.05, 4.69) is 31.4 Å². The fourth-order valence-corrected chi connectivity index (χ4v) is 3.61. The third kappa shape index (κ3) is 1.77. The first-order valence-corrected chi connectivity index (χ1v) is 6.33. The van der Waals surface area contributed by atoms with Gasteiger partial charge in [0.05, 0.1) is 12.6 Å². The summed E-state index contributed by atoms with van der Waals surface area (Å²) in [5, 5.41) is 5.70. The van der Waals surface area contributed by atoms with Crippen molar-refractivity contribution < 1.29 is 15.1 Å². The zero-order valence-corrected chi connectivity index (χ0v) is 11.6. The summed E-state index contributed by atoms with van der Waals surface area (Å²) in [7, 11) is 1.61. The van der Waals surface area contributed by atoms with Crippen LogP contribution in [0.5, 0.6) is 0 Å². The second kappa shape index (κ2) is 4.63. The molecule has 104 valence electrons. The minimum Gasteiger partial charge on any atom is -0.412 e. The van der Waals surface area contributed by atoms with Crippen molar-refractivity contribution in [3.05, 3.63) is 0 Å². The average molecular weight is 256 g/mol. The zero-order chi connectivity index (χ0) is 12.8. The van der Waals surface area contributed by atoms with Crippen LogP contribution in [-0.2, 0) is 9.59 Å². The number of likely N-dealkylation sites (N-methyl/N-ethyl adjacent to an activating group) is 1. The lowest BCUT2D eigenvalue weighted by molar-refractivity contribution is -0.130. The smallest absolute Gasteiger partial charge is 0.233 e. The van der Waals surface area contributed by atoms with E-state index >= 15 is 0 Å². The van der Waals surface area contributed by atoms with E-state index in [9.17, 15) is 9.59 Å². The number of fused-ring (bicyclic) bond motifs is 2. The van der Waals surface area contributed by atoms with E-state index in [-0.39, 0.29) is 34.8 Å². The fourth-order valence-electron chi connectivity index (χ4n) is 3.61. The summed E-state index contributed by atoms with van der Waals surface area (Å²) in [5.74, 6) is 0.593. The van der Waals surface area contributed by atoms with E-state index < -0.39 is 0 Å². The molecule has 0 saturated heterocycles. The van der Waals surface area contributed by atoms with Crippen molar-refractivity contribution in [1.29, 1.82) is 0 Å². The summed E-state index contributed by atoms with van der Waals surface area (Å²) in [6, 6.07) is -0.138. The standard InChI is InChI=1S/C13H22N2O2.H2O/c1-12(2)8-5-6-13(12,3)11(17)10(8)15-7-9(16)14-4;/h8,10,15H,5-7H2,1-4H3,(H,14,16);1H2. The van der Waals surface area contributed by atoms with Gasteiger partial charge in [-0.3, -0.25) is 14.9 Å². The molecule has 2 aliphatic rings. The van der Waals surface area contributed by atoms with Gasteiger partial charge in [0.2, 0.25) is 5.91 Å². The Morgan fingerprint density at radius 2 is 2.00 bits per heavy atom. The number of nitrogens with one attached hydrogen (secondary N) is 2. The van der Waals surface area contributed by atoms with Gasteiger partial charge in [0, 0.05) is 12.5 Å². The number of hydrogen-bond donors (Lipinski definition) is 2. The molecule has 18 heavy (non-hydrogen) atoms. The Hall–Kier alpha value is -0.940. The Bertz CT molecular complexity index is 367. The van der Waals surface area contributed by atoms with Crippen molar-refractivity contribution in [2.75, 3.05) is 13.6 Å². The van der Waals surface area contributed by atoms with E-state index in [0.717, 1.165) is 12.8 Å². The SMILES string of the molecule is CNC(=O)CNC1C(=O)C2(C)CCC1C2(C)C.O. The molecule has 3 atom stereocenters. The number of carbonyl (C=O) groups excluding carboxylic acids is 2. The van der Waals surface area contributed by atoms with Gasteiger partial charge in [-0.05, 0) is 24.2 Å². The Kier molecular flexibility index (Phi) is 3.89. The first-order chi connectivity index (χ1) is 7.84. The van der Waals surface area contributed by atoms with Gasteiger partial charge in [-0.2, -0.15) is 0 Å². The molecule has 0 heterocycles. The summed E-state index contributed by atoms with van der Waals surface area (Å²) >= 11 is 0. The average Bonchev–Trinajstić information content (AvgIpc) is 2.59. The molecule has 3 unspecified atom stereocenters. The van der Waals surface area contributed by atoms with E-state index in [0.29, 0.717) is 11.7 Å².